The van der Waals surface area contributed by atoms with Crippen molar-refractivity contribution in [1.29, 1.82) is 0 Å². The van der Waals surface area contributed by atoms with E-state index in [0.29, 0.717) is 11.4 Å². The first-order valence-corrected chi connectivity index (χ1v) is 8.52. The molecule has 1 aromatic heterocycles. The molecule has 0 spiro atoms. The summed E-state index contributed by atoms with van der Waals surface area (Å²) in [6.45, 7) is 1.53. The largest absolute Gasteiger partial charge is 0.309 e. The number of hydrogen-bond donors (Lipinski definition) is 0. The molecular formula is C14H23N3O2S. The summed E-state index contributed by atoms with van der Waals surface area (Å²) in [5, 5.41) is 0. The fourth-order valence-corrected chi connectivity index (χ4v) is 4.31. The number of rotatable bonds is 5. The highest BCUT2D eigenvalue weighted by molar-refractivity contribution is 7.89. The van der Waals surface area contributed by atoms with Crippen LogP contribution in [-0.4, -0.2) is 55.8 Å². The second-order valence-corrected chi connectivity index (χ2v) is 7.44. The average molecular weight is 297 g/mol. The highest BCUT2D eigenvalue weighted by atomic mass is 32.2. The van der Waals surface area contributed by atoms with E-state index < -0.39 is 10.0 Å². The van der Waals surface area contributed by atoms with Crippen LogP contribution in [0.15, 0.2) is 29.4 Å². The van der Waals surface area contributed by atoms with Gasteiger partial charge in [0.1, 0.15) is 4.90 Å². The van der Waals surface area contributed by atoms with E-state index in [2.05, 4.69) is 9.88 Å². The lowest BCUT2D eigenvalue weighted by Crippen LogP contribution is -2.44. The van der Waals surface area contributed by atoms with Crippen LogP contribution < -0.4 is 0 Å². The van der Waals surface area contributed by atoms with E-state index in [1.807, 2.05) is 14.1 Å². The zero-order valence-electron chi connectivity index (χ0n) is 12.2. The fraction of sp³-hybridized carbons (Fsp3) is 0.643. The summed E-state index contributed by atoms with van der Waals surface area (Å²) in [6, 6.07) is 3.40. The van der Waals surface area contributed by atoms with E-state index in [1.54, 1.807) is 22.6 Å². The Kier molecular flexibility index (Phi) is 5.12. The summed E-state index contributed by atoms with van der Waals surface area (Å²) in [6.07, 6.45) is 6.92. The number of hydrogen-bond acceptors (Lipinski definition) is 4. The summed E-state index contributed by atoms with van der Waals surface area (Å²) in [7, 11) is 0.627. The Morgan fingerprint density at radius 2 is 2.20 bits per heavy atom. The molecule has 20 heavy (non-hydrogen) atoms. The molecule has 1 saturated heterocycles. The predicted molar refractivity (Wildman–Crippen MR) is 78.9 cm³/mol. The number of sulfonamides is 1. The third-order valence-corrected chi connectivity index (χ3v) is 5.66. The van der Waals surface area contributed by atoms with E-state index in [4.69, 9.17) is 0 Å². The molecule has 2 rings (SSSR count). The molecule has 6 heteroatoms. The van der Waals surface area contributed by atoms with Gasteiger partial charge >= 0.3 is 0 Å². The van der Waals surface area contributed by atoms with E-state index >= 15 is 0 Å². The molecule has 1 unspecified atom stereocenters. The molecule has 0 aromatic carbocycles. The smallest absolute Gasteiger partial charge is 0.244 e. The van der Waals surface area contributed by atoms with E-state index in [9.17, 15) is 8.42 Å². The molecule has 0 amide bonds. The Morgan fingerprint density at radius 3 is 2.85 bits per heavy atom. The molecule has 0 saturated carbocycles. The van der Waals surface area contributed by atoms with E-state index in [1.165, 1.54) is 6.20 Å². The van der Waals surface area contributed by atoms with Crippen molar-refractivity contribution >= 4 is 10.0 Å². The van der Waals surface area contributed by atoms with Gasteiger partial charge in [-0.05, 0) is 52.0 Å². The van der Waals surface area contributed by atoms with Gasteiger partial charge in [-0.3, -0.25) is 4.98 Å². The maximum Gasteiger partial charge on any atom is 0.244 e. The van der Waals surface area contributed by atoms with E-state index in [0.717, 1.165) is 32.2 Å². The minimum absolute atomic E-state index is 0.108. The molecule has 2 heterocycles. The molecule has 1 aromatic rings. The lowest BCUT2D eigenvalue weighted by Gasteiger charge is -2.35. The van der Waals surface area contributed by atoms with Gasteiger partial charge < -0.3 is 4.90 Å². The monoisotopic (exact) mass is 297 g/mol. The first-order valence-electron chi connectivity index (χ1n) is 7.08. The zero-order valence-corrected chi connectivity index (χ0v) is 13.0. The van der Waals surface area contributed by atoms with Gasteiger partial charge in [0.2, 0.25) is 10.0 Å². The van der Waals surface area contributed by atoms with Crippen LogP contribution >= 0.6 is 0 Å². The third kappa shape index (κ3) is 3.56. The van der Waals surface area contributed by atoms with Gasteiger partial charge in [0.25, 0.3) is 0 Å². The van der Waals surface area contributed by atoms with Gasteiger partial charge in [0, 0.05) is 25.0 Å². The quantitative estimate of drug-likeness (QED) is 0.828. The summed E-state index contributed by atoms with van der Waals surface area (Å²) in [4.78, 5) is 6.33. The Hall–Kier alpha value is -0.980. The van der Waals surface area contributed by atoms with Crippen LogP contribution in [0.3, 0.4) is 0 Å². The maximum atomic E-state index is 12.7. The van der Waals surface area contributed by atoms with Crippen LogP contribution in [0, 0.1) is 0 Å². The van der Waals surface area contributed by atoms with Crippen molar-refractivity contribution in [3.05, 3.63) is 24.5 Å². The lowest BCUT2D eigenvalue weighted by atomic mass is 10.0. The van der Waals surface area contributed by atoms with Gasteiger partial charge in [-0.1, -0.05) is 6.42 Å². The lowest BCUT2D eigenvalue weighted by molar-refractivity contribution is 0.222. The van der Waals surface area contributed by atoms with Crippen molar-refractivity contribution in [1.82, 2.24) is 14.2 Å². The van der Waals surface area contributed by atoms with Crippen molar-refractivity contribution in [3.63, 3.8) is 0 Å². The number of piperidine rings is 1. The standard InChI is InChI=1S/C14H23N3O2S/c1-16(2)11-8-13-6-3-4-10-17(13)20(18,19)14-7-5-9-15-12-14/h5,7,9,12-13H,3-4,6,8,10-11H2,1-2H3. The topological polar surface area (TPSA) is 53.5 Å². The second-order valence-electron chi connectivity index (χ2n) is 5.55. The predicted octanol–water partition coefficient (Wildman–Crippen LogP) is 1.58. The Balaban J connectivity index is 2.19. The highest BCUT2D eigenvalue weighted by Gasteiger charge is 2.33. The molecule has 0 N–H and O–H groups in total. The summed E-state index contributed by atoms with van der Waals surface area (Å²) in [5.74, 6) is 0. The van der Waals surface area contributed by atoms with Crippen molar-refractivity contribution in [2.45, 2.75) is 36.6 Å². The Morgan fingerprint density at radius 1 is 1.40 bits per heavy atom. The first-order chi connectivity index (χ1) is 9.51. The summed E-state index contributed by atoms with van der Waals surface area (Å²) in [5.41, 5.74) is 0. The van der Waals surface area contributed by atoms with Gasteiger partial charge in [-0.2, -0.15) is 4.31 Å². The van der Waals surface area contributed by atoms with Gasteiger partial charge in [0.05, 0.1) is 0 Å². The Bertz CT molecular complexity index is 516. The molecule has 0 bridgehead atoms. The van der Waals surface area contributed by atoms with Crippen molar-refractivity contribution < 1.29 is 8.42 Å². The fourth-order valence-electron chi connectivity index (χ4n) is 2.62. The van der Waals surface area contributed by atoms with Crippen molar-refractivity contribution in [2.75, 3.05) is 27.2 Å². The second kappa shape index (κ2) is 6.65. The van der Waals surface area contributed by atoms with Gasteiger partial charge in [0.15, 0.2) is 0 Å². The number of aromatic nitrogens is 1. The van der Waals surface area contributed by atoms with Crippen molar-refractivity contribution in [3.8, 4) is 0 Å². The molecule has 1 aliphatic rings. The molecule has 112 valence electrons. The molecule has 5 nitrogen and oxygen atoms in total. The van der Waals surface area contributed by atoms with Crippen LogP contribution in [0.25, 0.3) is 0 Å². The minimum atomic E-state index is -3.41. The SMILES string of the molecule is CN(C)CCC1CCCCN1S(=O)(=O)c1cccnc1. The molecule has 0 aliphatic carbocycles. The van der Waals surface area contributed by atoms with E-state index in [-0.39, 0.29) is 6.04 Å². The summed E-state index contributed by atoms with van der Waals surface area (Å²) < 4.78 is 27.1. The molecule has 1 fully saturated rings. The van der Waals surface area contributed by atoms with Gasteiger partial charge in [-0.25, -0.2) is 8.42 Å². The molecule has 1 aliphatic heterocycles. The number of pyridine rings is 1. The molecule has 0 radical (unpaired) electrons. The molecular weight excluding hydrogens is 274 g/mol. The normalized spacial score (nSPS) is 21.2. The van der Waals surface area contributed by atoms with Crippen LogP contribution in [0.1, 0.15) is 25.7 Å². The van der Waals surface area contributed by atoms with Crippen LogP contribution in [0.4, 0.5) is 0 Å². The van der Waals surface area contributed by atoms with Crippen molar-refractivity contribution in [2.24, 2.45) is 0 Å². The average Bonchev–Trinajstić information content (AvgIpc) is 2.46. The summed E-state index contributed by atoms with van der Waals surface area (Å²) >= 11 is 0. The molecule has 1 atom stereocenters. The highest BCUT2D eigenvalue weighted by Crippen LogP contribution is 2.26. The third-order valence-electron chi connectivity index (χ3n) is 3.72. The first kappa shape index (κ1) is 15.4. The Labute approximate surface area is 121 Å². The minimum Gasteiger partial charge on any atom is -0.309 e. The van der Waals surface area contributed by atoms with Gasteiger partial charge in [-0.15, -0.1) is 0 Å². The van der Waals surface area contributed by atoms with Crippen LogP contribution in [0.5, 0.6) is 0 Å². The van der Waals surface area contributed by atoms with Crippen LogP contribution in [-0.2, 0) is 10.0 Å². The zero-order chi connectivity index (χ0) is 14.6. The van der Waals surface area contributed by atoms with Crippen LogP contribution in [0.2, 0.25) is 0 Å². The maximum absolute atomic E-state index is 12.7. The number of nitrogens with zero attached hydrogens (tertiary/aromatic N) is 3.